The lowest BCUT2D eigenvalue weighted by atomic mass is 9.91. The van der Waals surface area contributed by atoms with E-state index in [0.29, 0.717) is 36.6 Å². The number of amides is 3. The van der Waals surface area contributed by atoms with Crippen LogP contribution in [-0.4, -0.2) is 41.8 Å². The van der Waals surface area contributed by atoms with Crippen LogP contribution in [0.15, 0.2) is 97.2 Å². The average Bonchev–Trinajstić information content (AvgIpc) is 3.64. The average molecular weight is 628 g/mol. The van der Waals surface area contributed by atoms with Gasteiger partial charge in [0.1, 0.15) is 11.3 Å². The molecule has 0 spiro atoms. The zero-order chi connectivity index (χ0) is 32.4. The molecule has 1 atom stereocenters. The first-order chi connectivity index (χ1) is 22.9. The molecule has 3 heterocycles. The molecule has 0 aliphatic carbocycles. The molecule has 0 saturated carbocycles. The number of nitrogens with zero attached hydrogens (tertiary/aromatic N) is 2. The van der Waals surface area contributed by atoms with Crippen LogP contribution in [0, 0.1) is 6.92 Å². The van der Waals surface area contributed by atoms with Gasteiger partial charge in [-0.15, -0.1) is 0 Å². The number of rotatable bonds is 11. The maximum atomic E-state index is 13.4. The van der Waals surface area contributed by atoms with Gasteiger partial charge in [-0.2, -0.15) is 0 Å². The van der Waals surface area contributed by atoms with E-state index in [2.05, 4.69) is 66.8 Å². The van der Waals surface area contributed by atoms with E-state index in [1.54, 1.807) is 25.1 Å². The van der Waals surface area contributed by atoms with Crippen molar-refractivity contribution in [2.75, 3.05) is 19.9 Å². The monoisotopic (exact) mass is 627 g/mol. The van der Waals surface area contributed by atoms with Crippen molar-refractivity contribution in [3.63, 3.8) is 0 Å². The molecule has 2 aliphatic heterocycles. The number of aromatic nitrogens is 1. The van der Waals surface area contributed by atoms with Gasteiger partial charge in [0, 0.05) is 18.1 Å². The molecule has 1 aromatic heterocycles. The number of carbonyl (C=O) groups is 2. The summed E-state index contributed by atoms with van der Waals surface area (Å²) in [6, 6.07) is 30.0. The van der Waals surface area contributed by atoms with E-state index in [9.17, 15) is 9.59 Å². The first-order valence-electron chi connectivity index (χ1n) is 16.1. The minimum absolute atomic E-state index is 0.147. The van der Waals surface area contributed by atoms with Gasteiger partial charge < -0.3 is 19.5 Å². The van der Waals surface area contributed by atoms with Gasteiger partial charge in [-0.3, -0.25) is 14.7 Å². The molecule has 47 heavy (non-hydrogen) atoms. The highest BCUT2D eigenvalue weighted by Gasteiger charge is 2.49. The SMILES string of the molecule is Cc1cccc2c(-c3cccc(OCCCCCN4C(=O)NC(C)(c5ccc6c(c5)OCO6)C4=O)c3)c(Cc3ccccc3)cnc12. The molecule has 5 aromatic rings. The van der Waals surface area contributed by atoms with Crippen LogP contribution >= 0.6 is 0 Å². The Kier molecular flexibility index (Phi) is 8.24. The number of unbranched alkanes of at least 4 members (excludes halogenated alkanes) is 2. The maximum absolute atomic E-state index is 13.4. The van der Waals surface area contributed by atoms with Crippen molar-refractivity contribution in [1.29, 1.82) is 0 Å². The van der Waals surface area contributed by atoms with Gasteiger partial charge in [-0.25, -0.2) is 4.79 Å². The maximum Gasteiger partial charge on any atom is 0.325 e. The molecule has 4 aromatic carbocycles. The van der Waals surface area contributed by atoms with E-state index in [-0.39, 0.29) is 18.7 Å². The normalized spacial score (nSPS) is 16.9. The van der Waals surface area contributed by atoms with Gasteiger partial charge in [0.25, 0.3) is 5.91 Å². The standard InChI is InChI=1S/C39H37N3O5/c1-26-11-9-16-32-35(29(24-40-36(26)32)21-27-12-5-3-6-13-27)28-14-10-15-31(22-28)45-20-8-4-7-19-42-37(43)39(2,41-38(42)44)30-17-18-33-34(23-30)47-25-46-33/h3,5-6,9-18,22-24H,4,7-8,19-21,25H2,1-2H3,(H,41,44). The number of urea groups is 1. The van der Waals surface area contributed by atoms with Gasteiger partial charge in [0.15, 0.2) is 11.5 Å². The highest BCUT2D eigenvalue weighted by Crippen LogP contribution is 2.38. The van der Waals surface area contributed by atoms with Gasteiger partial charge >= 0.3 is 6.03 Å². The number of ether oxygens (including phenoxy) is 3. The Hall–Kier alpha value is -5.37. The van der Waals surface area contributed by atoms with Crippen molar-refractivity contribution >= 4 is 22.8 Å². The summed E-state index contributed by atoms with van der Waals surface area (Å²) >= 11 is 0. The third-order valence-corrected chi connectivity index (χ3v) is 9.06. The lowest BCUT2D eigenvalue weighted by Gasteiger charge is -2.22. The molecule has 3 amide bonds. The number of hydrogen-bond donors (Lipinski definition) is 1. The van der Waals surface area contributed by atoms with Crippen LogP contribution in [0.2, 0.25) is 0 Å². The Morgan fingerprint density at radius 1 is 0.894 bits per heavy atom. The third-order valence-electron chi connectivity index (χ3n) is 9.06. The number of carbonyl (C=O) groups excluding carboxylic acids is 2. The van der Waals surface area contributed by atoms with E-state index >= 15 is 0 Å². The zero-order valence-corrected chi connectivity index (χ0v) is 26.6. The predicted octanol–water partition coefficient (Wildman–Crippen LogP) is 7.55. The summed E-state index contributed by atoms with van der Waals surface area (Å²) in [6.07, 6.45) is 5.09. The lowest BCUT2D eigenvalue weighted by molar-refractivity contribution is -0.131. The van der Waals surface area contributed by atoms with Crippen molar-refractivity contribution in [2.24, 2.45) is 0 Å². The van der Waals surface area contributed by atoms with Crippen LogP contribution in [0.1, 0.15) is 48.4 Å². The molecule has 1 N–H and O–H groups in total. The van der Waals surface area contributed by atoms with Crippen LogP contribution in [0.5, 0.6) is 17.2 Å². The second-order valence-corrected chi connectivity index (χ2v) is 12.3. The number of nitrogens with one attached hydrogen (secondary N) is 1. The molecule has 0 bridgehead atoms. The second kappa shape index (κ2) is 12.8. The minimum Gasteiger partial charge on any atom is -0.494 e. The van der Waals surface area contributed by atoms with Gasteiger partial charge in [-0.05, 0) is 97.2 Å². The Bertz CT molecular complexity index is 1960. The molecule has 0 radical (unpaired) electrons. The molecule has 2 aliphatic rings. The second-order valence-electron chi connectivity index (χ2n) is 12.3. The summed E-state index contributed by atoms with van der Waals surface area (Å²) in [5, 5.41) is 4.00. The molecule has 8 nitrogen and oxygen atoms in total. The summed E-state index contributed by atoms with van der Waals surface area (Å²) in [4.78, 5) is 32.3. The topological polar surface area (TPSA) is 90.0 Å². The van der Waals surface area contributed by atoms with Gasteiger partial charge in [0.2, 0.25) is 6.79 Å². The summed E-state index contributed by atoms with van der Waals surface area (Å²) in [6.45, 7) is 4.85. The van der Waals surface area contributed by atoms with Crippen LogP contribution in [-0.2, 0) is 16.8 Å². The number of fused-ring (bicyclic) bond motifs is 2. The molecule has 7 rings (SSSR count). The molecule has 1 unspecified atom stereocenters. The van der Waals surface area contributed by atoms with Gasteiger partial charge in [0.05, 0.1) is 12.1 Å². The highest BCUT2D eigenvalue weighted by atomic mass is 16.7. The Morgan fingerprint density at radius 2 is 1.72 bits per heavy atom. The molecule has 1 saturated heterocycles. The quantitative estimate of drug-likeness (QED) is 0.120. The molecular weight excluding hydrogens is 590 g/mol. The summed E-state index contributed by atoms with van der Waals surface area (Å²) in [5.41, 5.74) is 6.35. The Labute approximate surface area is 274 Å². The van der Waals surface area contributed by atoms with Crippen LogP contribution in [0.3, 0.4) is 0 Å². The molecular formula is C39H37N3O5. The van der Waals surface area contributed by atoms with Crippen molar-refractivity contribution in [1.82, 2.24) is 15.2 Å². The third kappa shape index (κ3) is 5.99. The highest BCUT2D eigenvalue weighted by molar-refractivity contribution is 6.07. The number of benzene rings is 4. The number of imide groups is 1. The van der Waals surface area contributed by atoms with Crippen molar-refractivity contribution < 1.29 is 23.8 Å². The Morgan fingerprint density at radius 3 is 2.60 bits per heavy atom. The predicted molar refractivity (Wildman–Crippen MR) is 181 cm³/mol. The molecule has 1 fully saturated rings. The van der Waals surface area contributed by atoms with E-state index in [4.69, 9.17) is 19.2 Å². The van der Waals surface area contributed by atoms with Crippen molar-refractivity contribution in [2.45, 2.75) is 45.1 Å². The zero-order valence-electron chi connectivity index (χ0n) is 26.6. The van der Waals surface area contributed by atoms with E-state index in [1.807, 2.05) is 24.4 Å². The molecule has 238 valence electrons. The van der Waals surface area contributed by atoms with Crippen LogP contribution in [0.25, 0.3) is 22.0 Å². The number of pyridine rings is 1. The summed E-state index contributed by atoms with van der Waals surface area (Å²) in [7, 11) is 0. The summed E-state index contributed by atoms with van der Waals surface area (Å²) in [5.74, 6) is 1.75. The van der Waals surface area contributed by atoms with Gasteiger partial charge in [-0.1, -0.05) is 66.7 Å². The van der Waals surface area contributed by atoms with E-state index in [0.717, 1.165) is 47.0 Å². The Balaban J connectivity index is 0.978. The van der Waals surface area contributed by atoms with Crippen LogP contribution < -0.4 is 19.5 Å². The lowest BCUT2D eigenvalue weighted by Crippen LogP contribution is -2.41. The fraction of sp³-hybridized carbons (Fsp3) is 0.256. The first-order valence-corrected chi connectivity index (χ1v) is 16.1. The largest absolute Gasteiger partial charge is 0.494 e. The number of para-hydroxylation sites is 1. The fourth-order valence-corrected chi connectivity index (χ4v) is 6.49. The van der Waals surface area contributed by atoms with Crippen molar-refractivity contribution in [3.05, 3.63) is 119 Å². The smallest absolute Gasteiger partial charge is 0.325 e. The minimum atomic E-state index is -1.15. The number of aryl methyl sites for hydroxylation is 1. The van der Waals surface area contributed by atoms with Crippen LogP contribution in [0.4, 0.5) is 4.79 Å². The summed E-state index contributed by atoms with van der Waals surface area (Å²) < 4.78 is 17.1. The fourth-order valence-electron chi connectivity index (χ4n) is 6.49. The van der Waals surface area contributed by atoms with E-state index in [1.165, 1.54) is 21.6 Å². The van der Waals surface area contributed by atoms with E-state index < -0.39 is 5.54 Å². The number of hydrogen-bond acceptors (Lipinski definition) is 6. The molecule has 8 heteroatoms. The van der Waals surface area contributed by atoms with Crippen molar-refractivity contribution in [3.8, 4) is 28.4 Å². The first kappa shape index (κ1) is 30.3.